The third kappa shape index (κ3) is 5.27. The molecule has 0 unspecified atom stereocenters. The Bertz CT molecular complexity index is 1220. The van der Waals surface area contributed by atoms with Crippen molar-refractivity contribution in [3.63, 3.8) is 0 Å². The number of carbonyl (C=O) groups is 1. The van der Waals surface area contributed by atoms with Crippen LogP contribution in [-0.2, 0) is 21.2 Å². The Morgan fingerprint density at radius 3 is 2.28 bits per heavy atom. The Balaban J connectivity index is 2.09. The minimum Gasteiger partial charge on any atom is -0.497 e. The number of sulfone groups is 1. The lowest BCUT2D eigenvalue weighted by Gasteiger charge is -2.17. The molecule has 3 rings (SSSR count). The Labute approximate surface area is 195 Å². The van der Waals surface area contributed by atoms with E-state index in [1.165, 1.54) is 37.4 Å². The highest BCUT2D eigenvalue weighted by Gasteiger charge is 2.29. The standard InChI is InChI=1S/C22H19Cl2NO6S/c1-30-15-7-9-16(10-8-15)32(28,29)22-20(23)17(25-12-19(26)27)11-18(21(22)24)31-13-14-5-3-2-4-6-14/h2-11,25H,12-13H2,1H3,(H,26,27). The minimum atomic E-state index is -4.18. The summed E-state index contributed by atoms with van der Waals surface area (Å²) in [4.78, 5) is 10.6. The topological polar surface area (TPSA) is 102 Å². The second kappa shape index (κ2) is 10.1. The van der Waals surface area contributed by atoms with Crippen molar-refractivity contribution in [1.82, 2.24) is 0 Å². The van der Waals surface area contributed by atoms with Crippen LogP contribution in [0, 0.1) is 0 Å². The number of rotatable bonds is 9. The van der Waals surface area contributed by atoms with Crippen LogP contribution in [0.25, 0.3) is 0 Å². The van der Waals surface area contributed by atoms with Crippen LogP contribution in [-0.4, -0.2) is 33.1 Å². The van der Waals surface area contributed by atoms with Crippen LogP contribution < -0.4 is 14.8 Å². The molecule has 3 aromatic rings. The summed E-state index contributed by atoms with van der Waals surface area (Å²) >= 11 is 12.8. The predicted molar refractivity (Wildman–Crippen MR) is 122 cm³/mol. The molecule has 0 aliphatic carbocycles. The van der Waals surface area contributed by atoms with Gasteiger partial charge >= 0.3 is 5.97 Å². The summed E-state index contributed by atoms with van der Waals surface area (Å²) in [5.74, 6) is -0.632. The first kappa shape index (κ1) is 23.7. The number of aliphatic carboxylic acids is 1. The van der Waals surface area contributed by atoms with E-state index in [1.807, 2.05) is 30.3 Å². The van der Waals surface area contributed by atoms with E-state index in [4.69, 9.17) is 37.8 Å². The smallest absolute Gasteiger partial charge is 0.322 e. The summed E-state index contributed by atoms with van der Waals surface area (Å²) in [5, 5.41) is 11.2. The third-order valence-corrected chi connectivity index (χ3v) is 7.26. The van der Waals surface area contributed by atoms with Crippen molar-refractivity contribution in [1.29, 1.82) is 0 Å². The third-order valence-electron chi connectivity index (χ3n) is 4.43. The van der Waals surface area contributed by atoms with Crippen LogP contribution in [0.15, 0.2) is 70.5 Å². The summed E-state index contributed by atoms with van der Waals surface area (Å²) in [6, 6.07) is 16.3. The quantitative estimate of drug-likeness (QED) is 0.434. The van der Waals surface area contributed by atoms with Gasteiger partial charge in [-0.15, -0.1) is 0 Å². The average molecular weight is 496 g/mol. The zero-order chi connectivity index (χ0) is 23.3. The molecule has 0 saturated heterocycles. The largest absolute Gasteiger partial charge is 0.497 e. The fourth-order valence-electron chi connectivity index (χ4n) is 2.84. The number of halogens is 2. The van der Waals surface area contributed by atoms with Crippen LogP contribution in [0.1, 0.15) is 5.56 Å². The number of hydrogen-bond acceptors (Lipinski definition) is 6. The van der Waals surface area contributed by atoms with Gasteiger partial charge in [0.25, 0.3) is 0 Å². The first-order valence-corrected chi connectivity index (χ1v) is 11.5. The van der Waals surface area contributed by atoms with Gasteiger partial charge in [-0.25, -0.2) is 8.42 Å². The molecule has 0 aromatic heterocycles. The van der Waals surface area contributed by atoms with Gasteiger partial charge in [-0.05, 0) is 29.8 Å². The molecule has 0 aliphatic heterocycles. The van der Waals surface area contributed by atoms with Gasteiger partial charge in [0.15, 0.2) is 0 Å². The van der Waals surface area contributed by atoms with Crippen LogP contribution in [0.3, 0.4) is 0 Å². The summed E-state index contributed by atoms with van der Waals surface area (Å²) in [6.45, 7) is -0.371. The normalized spacial score (nSPS) is 11.1. The maximum Gasteiger partial charge on any atom is 0.322 e. The van der Waals surface area contributed by atoms with E-state index in [0.29, 0.717) is 5.75 Å². The van der Waals surface area contributed by atoms with Gasteiger partial charge in [0.1, 0.15) is 34.6 Å². The molecule has 0 atom stereocenters. The highest BCUT2D eigenvalue weighted by atomic mass is 35.5. The molecule has 0 fully saturated rings. The zero-order valence-corrected chi connectivity index (χ0v) is 19.2. The zero-order valence-electron chi connectivity index (χ0n) is 16.8. The van der Waals surface area contributed by atoms with Gasteiger partial charge in [-0.2, -0.15) is 0 Å². The summed E-state index contributed by atoms with van der Waals surface area (Å²) in [7, 11) is -2.72. The lowest BCUT2D eigenvalue weighted by Crippen LogP contribution is -2.14. The molecule has 0 amide bonds. The van der Waals surface area contributed by atoms with E-state index < -0.39 is 22.4 Å². The molecule has 0 bridgehead atoms. The molecule has 10 heteroatoms. The van der Waals surface area contributed by atoms with E-state index in [2.05, 4.69) is 5.32 Å². The Hall–Kier alpha value is -2.94. The molecule has 0 heterocycles. The van der Waals surface area contributed by atoms with Crippen molar-refractivity contribution in [3.05, 3.63) is 76.3 Å². The number of ether oxygens (including phenoxy) is 2. The Morgan fingerprint density at radius 2 is 1.69 bits per heavy atom. The molecule has 0 saturated carbocycles. The van der Waals surface area contributed by atoms with Gasteiger partial charge in [0, 0.05) is 6.07 Å². The molecule has 168 valence electrons. The summed E-state index contributed by atoms with van der Waals surface area (Å²) in [5.41, 5.74) is 0.895. The van der Waals surface area contributed by atoms with Crippen molar-refractivity contribution in [2.45, 2.75) is 16.4 Å². The van der Waals surface area contributed by atoms with Gasteiger partial charge < -0.3 is 19.9 Å². The van der Waals surface area contributed by atoms with Gasteiger partial charge in [0.05, 0.1) is 22.7 Å². The Kier molecular flexibility index (Phi) is 7.50. The van der Waals surface area contributed by atoms with Crippen molar-refractivity contribution in [2.24, 2.45) is 0 Å². The lowest BCUT2D eigenvalue weighted by molar-refractivity contribution is -0.134. The van der Waals surface area contributed by atoms with Crippen LogP contribution >= 0.6 is 23.2 Å². The molecule has 0 spiro atoms. The second-order valence-electron chi connectivity index (χ2n) is 6.58. The van der Waals surface area contributed by atoms with Crippen LogP contribution in [0.5, 0.6) is 11.5 Å². The molecule has 32 heavy (non-hydrogen) atoms. The fourth-order valence-corrected chi connectivity index (χ4v) is 5.33. The second-order valence-corrected chi connectivity index (χ2v) is 9.22. The van der Waals surface area contributed by atoms with E-state index in [9.17, 15) is 13.2 Å². The number of benzene rings is 3. The number of methoxy groups -OCH3 is 1. The molecular formula is C22H19Cl2NO6S. The van der Waals surface area contributed by atoms with Crippen molar-refractivity contribution >= 4 is 44.7 Å². The number of nitrogens with one attached hydrogen (secondary N) is 1. The van der Waals surface area contributed by atoms with Crippen molar-refractivity contribution < 1.29 is 27.8 Å². The minimum absolute atomic E-state index is 0.0416. The molecule has 7 nitrogen and oxygen atoms in total. The number of carboxylic acids is 1. The highest BCUT2D eigenvalue weighted by molar-refractivity contribution is 7.91. The van der Waals surface area contributed by atoms with Crippen molar-refractivity contribution in [3.8, 4) is 11.5 Å². The molecule has 0 aliphatic rings. The summed E-state index contributed by atoms with van der Waals surface area (Å²) < 4.78 is 37.6. The van der Waals surface area contributed by atoms with Crippen LogP contribution in [0.4, 0.5) is 5.69 Å². The maximum atomic E-state index is 13.4. The van der Waals surface area contributed by atoms with E-state index in [1.54, 1.807) is 0 Å². The van der Waals surface area contributed by atoms with Crippen LogP contribution in [0.2, 0.25) is 10.0 Å². The van der Waals surface area contributed by atoms with Gasteiger partial charge in [0.2, 0.25) is 9.84 Å². The lowest BCUT2D eigenvalue weighted by atomic mass is 10.2. The number of hydrogen-bond donors (Lipinski definition) is 2. The van der Waals surface area contributed by atoms with Gasteiger partial charge in [-0.3, -0.25) is 4.79 Å². The maximum absolute atomic E-state index is 13.4. The van der Waals surface area contributed by atoms with E-state index in [-0.39, 0.29) is 37.9 Å². The number of anilines is 1. The highest BCUT2D eigenvalue weighted by Crippen LogP contribution is 2.44. The predicted octanol–water partition coefficient (Wildman–Crippen LogP) is 4.91. The first-order valence-electron chi connectivity index (χ1n) is 9.27. The number of carboxylic acid groups (broad SMARTS) is 1. The molecule has 0 radical (unpaired) electrons. The van der Waals surface area contributed by atoms with Crippen molar-refractivity contribution in [2.75, 3.05) is 19.0 Å². The molecule has 2 N–H and O–H groups in total. The monoisotopic (exact) mass is 495 g/mol. The van der Waals surface area contributed by atoms with E-state index in [0.717, 1.165) is 5.56 Å². The SMILES string of the molecule is COc1ccc(S(=O)(=O)c2c(Cl)c(NCC(=O)O)cc(OCc3ccccc3)c2Cl)cc1. The average Bonchev–Trinajstić information content (AvgIpc) is 2.78. The summed E-state index contributed by atoms with van der Waals surface area (Å²) in [6.07, 6.45) is 0. The van der Waals surface area contributed by atoms with Gasteiger partial charge in [-0.1, -0.05) is 53.5 Å². The van der Waals surface area contributed by atoms with E-state index >= 15 is 0 Å². The fraction of sp³-hybridized carbons (Fsp3) is 0.136. The Morgan fingerprint density at radius 1 is 1.03 bits per heavy atom. The molecule has 3 aromatic carbocycles. The first-order chi connectivity index (χ1) is 15.2. The molecular weight excluding hydrogens is 477 g/mol.